The van der Waals surface area contributed by atoms with Crippen molar-refractivity contribution >= 4 is 29.1 Å². The van der Waals surface area contributed by atoms with Crippen LogP contribution in [0.25, 0.3) is 0 Å². The molecule has 25 heavy (non-hydrogen) atoms. The number of ether oxygens (including phenoxy) is 3. The molecule has 2 aliphatic rings. The van der Waals surface area contributed by atoms with E-state index < -0.39 is 0 Å². The third-order valence-corrected chi connectivity index (χ3v) is 4.12. The maximum Gasteiger partial charge on any atom is 0.229 e. The van der Waals surface area contributed by atoms with Crippen LogP contribution in [0.3, 0.4) is 0 Å². The van der Waals surface area contributed by atoms with E-state index in [1.807, 2.05) is 6.92 Å². The van der Waals surface area contributed by atoms with E-state index in [2.05, 4.69) is 25.6 Å². The summed E-state index contributed by atoms with van der Waals surface area (Å²) < 4.78 is 16.2. The molecule has 4 N–H and O–H groups in total. The number of nitrogens with zero attached hydrogens (tertiary/aromatic N) is 3. The van der Waals surface area contributed by atoms with Crippen LogP contribution in [0.2, 0.25) is 5.02 Å². The Labute approximate surface area is 150 Å². The highest BCUT2D eigenvalue weighted by atomic mass is 35.5. The lowest BCUT2D eigenvalue weighted by atomic mass is 10.2. The van der Waals surface area contributed by atoms with Crippen molar-refractivity contribution in [2.75, 3.05) is 44.1 Å². The SMILES string of the molecule is COC1CNc2nc(ncc2Cl)NC(C(C)=NC2COC2)=C(N)OC1. The quantitative estimate of drug-likeness (QED) is 0.676. The third kappa shape index (κ3) is 4.30. The molecule has 136 valence electrons. The highest BCUT2D eigenvalue weighted by molar-refractivity contribution is 6.32. The normalized spacial score (nSPS) is 22.2. The Hall–Kier alpha value is -2.10. The summed E-state index contributed by atoms with van der Waals surface area (Å²) in [7, 11) is 1.60. The summed E-state index contributed by atoms with van der Waals surface area (Å²) in [6, 6.07) is 0.121. The molecule has 0 aliphatic carbocycles. The number of aromatic nitrogens is 2. The monoisotopic (exact) mass is 368 g/mol. The summed E-state index contributed by atoms with van der Waals surface area (Å²) in [5.41, 5.74) is 7.33. The molecule has 0 radical (unpaired) electrons. The molecule has 3 heterocycles. The van der Waals surface area contributed by atoms with Gasteiger partial charge in [-0.2, -0.15) is 4.98 Å². The number of fused-ring (bicyclic) bond motifs is 2. The fourth-order valence-electron chi connectivity index (χ4n) is 2.31. The molecule has 2 bridgehead atoms. The minimum absolute atomic E-state index is 0.121. The molecule has 10 heteroatoms. The summed E-state index contributed by atoms with van der Waals surface area (Å²) in [6.07, 6.45) is 1.28. The van der Waals surface area contributed by atoms with Gasteiger partial charge in [-0.1, -0.05) is 11.6 Å². The van der Waals surface area contributed by atoms with Crippen LogP contribution in [0.1, 0.15) is 6.92 Å². The smallest absolute Gasteiger partial charge is 0.229 e. The predicted octanol–water partition coefficient (Wildman–Crippen LogP) is 0.986. The van der Waals surface area contributed by atoms with Crippen LogP contribution in [-0.2, 0) is 14.2 Å². The van der Waals surface area contributed by atoms with Crippen LogP contribution in [-0.4, -0.2) is 61.3 Å². The number of rotatable bonds is 3. The second-order valence-corrected chi connectivity index (χ2v) is 6.12. The van der Waals surface area contributed by atoms with Gasteiger partial charge in [0.05, 0.1) is 31.2 Å². The van der Waals surface area contributed by atoms with Crippen molar-refractivity contribution in [2.24, 2.45) is 10.7 Å². The molecule has 1 fully saturated rings. The number of aliphatic imine (C=N–C) groups is 1. The molecule has 1 aromatic heterocycles. The van der Waals surface area contributed by atoms with Gasteiger partial charge in [0.1, 0.15) is 23.4 Å². The number of halogens is 1. The van der Waals surface area contributed by atoms with Crippen molar-refractivity contribution in [3.05, 3.63) is 22.8 Å². The fraction of sp³-hybridized carbons (Fsp3) is 0.533. The van der Waals surface area contributed by atoms with Gasteiger partial charge in [-0.3, -0.25) is 4.99 Å². The largest absolute Gasteiger partial charge is 0.475 e. The minimum Gasteiger partial charge on any atom is -0.475 e. The zero-order valence-corrected chi connectivity index (χ0v) is 14.8. The summed E-state index contributed by atoms with van der Waals surface area (Å²) >= 11 is 6.14. The predicted molar refractivity (Wildman–Crippen MR) is 94.8 cm³/mol. The molecule has 0 amide bonds. The van der Waals surface area contributed by atoms with Gasteiger partial charge < -0.3 is 30.6 Å². The van der Waals surface area contributed by atoms with Gasteiger partial charge in [-0.25, -0.2) is 4.98 Å². The first-order valence-electron chi connectivity index (χ1n) is 7.88. The molecule has 9 nitrogen and oxygen atoms in total. The highest BCUT2D eigenvalue weighted by Gasteiger charge is 2.21. The van der Waals surface area contributed by atoms with Crippen LogP contribution in [0.4, 0.5) is 11.8 Å². The number of hydrogen-bond donors (Lipinski definition) is 3. The third-order valence-electron chi connectivity index (χ3n) is 3.84. The van der Waals surface area contributed by atoms with Crippen LogP contribution in [0.15, 0.2) is 22.8 Å². The number of anilines is 2. The van der Waals surface area contributed by atoms with Crippen molar-refractivity contribution < 1.29 is 14.2 Å². The van der Waals surface area contributed by atoms with E-state index in [-0.39, 0.29) is 24.6 Å². The molecule has 0 aromatic carbocycles. The van der Waals surface area contributed by atoms with Crippen LogP contribution in [0.5, 0.6) is 0 Å². The van der Waals surface area contributed by atoms with Crippen LogP contribution in [0, 0.1) is 0 Å². The lowest BCUT2D eigenvalue weighted by Crippen LogP contribution is -2.33. The Morgan fingerprint density at radius 2 is 2.24 bits per heavy atom. The number of methoxy groups -OCH3 is 1. The summed E-state index contributed by atoms with van der Waals surface area (Å²) in [5.74, 6) is 1.04. The van der Waals surface area contributed by atoms with Gasteiger partial charge >= 0.3 is 0 Å². The van der Waals surface area contributed by atoms with Crippen LogP contribution >= 0.6 is 11.6 Å². The second-order valence-electron chi connectivity index (χ2n) is 5.71. The fourth-order valence-corrected chi connectivity index (χ4v) is 2.46. The highest BCUT2D eigenvalue weighted by Crippen LogP contribution is 2.21. The number of nitrogens with two attached hydrogens (primary N) is 1. The standard InChI is InChI=1S/C15H21ClN6O3/c1-8(20-9-5-24-6-9)12-13(17)25-7-10(23-2)3-18-14-11(16)4-19-15(21-12)22-14/h4,9-10H,3,5-7,17H2,1-2H3,(H2,18,19,21,22). The van der Waals surface area contributed by atoms with E-state index in [4.69, 9.17) is 31.5 Å². The van der Waals surface area contributed by atoms with E-state index in [0.29, 0.717) is 48.0 Å². The molecule has 0 saturated carbocycles. The van der Waals surface area contributed by atoms with Gasteiger partial charge in [0.2, 0.25) is 11.8 Å². The summed E-state index contributed by atoms with van der Waals surface area (Å²) in [6.45, 7) is 3.77. The first-order chi connectivity index (χ1) is 12.1. The first kappa shape index (κ1) is 17.7. The maximum atomic E-state index is 6.14. The summed E-state index contributed by atoms with van der Waals surface area (Å²) in [5, 5.41) is 6.62. The van der Waals surface area contributed by atoms with Crippen molar-refractivity contribution in [2.45, 2.75) is 19.1 Å². The second kappa shape index (κ2) is 7.85. The van der Waals surface area contributed by atoms with Gasteiger partial charge in [-0.15, -0.1) is 0 Å². The Morgan fingerprint density at radius 1 is 1.44 bits per heavy atom. The van der Waals surface area contributed by atoms with Crippen molar-refractivity contribution in [1.29, 1.82) is 0 Å². The van der Waals surface area contributed by atoms with Crippen molar-refractivity contribution in [3.63, 3.8) is 0 Å². The van der Waals surface area contributed by atoms with E-state index in [0.717, 1.165) is 0 Å². The molecule has 1 aromatic rings. The molecule has 3 rings (SSSR count). The minimum atomic E-state index is -0.232. The van der Waals surface area contributed by atoms with E-state index >= 15 is 0 Å². The molecule has 2 aliphatic heterocycles. The first-order valence-corrected chi connectivity index (χ1v) is 8.26. The Bertz CT molecular complexity index is 692. The van der Waals surface area contributed by atoms with Crippen molar-refractivity contribution in [3.8, 4) is 0 Å². The average molecular weight is 369 g/mol. The molecule has 1 atom stereocenters. The lowest BCUT2D eigenvalue weighted by Gasteiger charge is -2.23. The number of allylic oxidation sites excluding steroid dienone is 1. The topological polar surface area (TPSA) is 116 Å². The van der Waals surface area contributed by atoms with Crippen LogP contribution < -0.4 is 16.4 Å². The van der Waals surface area contributed by atoms with E-state index in [9.17, 15) is 0 Å². The van der Waals surface area contributed by atoms with Gasteiger partial charge in [0.25, 0.3) is 0 Å². The average Bonchev–Trinajstić information content (AvgIpc) is 2.59. The van der Waals surface area contributed by atoms with E-state index in [1.54, 1.807) is 7.11 Å². The molecule has 1 unspecified atom stereocenters. The van der Waals surface area contributed by atoms with E-state index in [1.165, 1.54) is 6.20 Å². The Balaban J connectivity index is 1.94. The number of nitrogens with one attached hydrogen (secondary N) is 2. The Morgan fingerprint density at radius 3 is 2.92 bits per heavy atom. The van der Waals surface area contributed by atoms with Gasteiger partial charge in [-0.05, 0) is 6.92 Å². The summed E-state index contributed by atoms with van der Waals surface area (Å²) in [4.78, 5) is 13.1. The molecule has 0 spiro atoms. The molecular formula is C15H21ClN6O3. The Kier molecular flexibility index (Phi) is 5.57. The zero-order valence-electron chi connectivity index (χ0n) is 14.1. The lowest BCUT2D eigenvalue weighted by molar-refractivity contribution is 0.0132. The maximum absolute atomic E-state index is 6.14. The molecular weight excluding hydrogens is 348 g/mol. The van der Waals surface area contributed by atoms with Gasteiger partial charge in [0, 0.05) is 13.7 Å². The number of hydrogen-bond acceptors (Lipinski definition) is 9. The van der Waals surface area contributed by atoms with Crippen molar-refractivity contribution in [1.82, 2.24) is 9.97 Å². The van der Waals surface area contributed by atoms with Gasteiger partial charge in [0.15, 0.2) is 5.82 Å². The molecule has 1 saturated heterocycles. The zero-order chi connectivity index (χ0) is 17.8.